The van der Waals surface area contributed by atoms with Crippen molar-refractivity contribution in [3.63, 3.8) is 0 Å². The zero-order valence-electron chi connectivity index (χ0n) is 13.4. The van der Waals surface area contributed by atoms with Crippen molar-refractivity contribution in [2.75, 3.05) is 0 Å². The monoisotopic (exact) mass is 366 g/mol. The number of benzene rings is 1. The van der Waals surface area contributed by atoms with E-state index in [1.54, 1.807) is 0 Å². The second-order valence-corrected chi connectivity index (χ2v) is 8.09. The molecule has 0 aliphatic carbocycles. The van der Waals surface area contributed by atoms with Crippen LogP contribution in [0.4, 0.5) is 0 Å². The van der Waals surface area contributed by atoms with Gasteiger partial charge >= 0.3 is 0 Å². The van der Waals surface area contributed by atoms with Crippen molar-refractivity contribution < 1.29 is 0 Å². The first-order chi connectivity index (χ1) is 9.82. The van der Waals surface area contributed by atoms with Gasteiger partial charge in [0.2, 0.25) is 0 Å². The number of halogens is 1. The molecule has 1 aromatic heterocycles. The second-order valence-electron chi connectivity index (χ2n) is 6.25. The Bertz CT molecular complexity index is 609. The smallest absolute Gasteiger partial charge is 0.0767 e. The van der Waals surface area contributed by atoms with Crippen LogP contribution in [0.2, 0.25) is 0 Å². The van der Waals surface area contributed by atoms with Gasteiger partial charge in [-0.15, -0.1) is 11.8 Å². The number of rotatable bonds is 4. The maximum absolute atomic E-state index is 4.54. The molecule has 0 atom stereocenters. The maximum atomic E-state index is 4.54. The third kappa shape index (κ3) is 3.92. The third-order valence-electron chi connectivity index (χ3n) is 3.60. The number of hydrogen-bond acceptors (Lipinski definition) is 2. The SMILES string of the molecule is CCc1nn(C)c(CSc2ccc(C(C)(C)C)cc2)c1Br. The molecular weight excluding hydrogens is 344 g/mol. The second kappa shape index (κ2) is 6.57. The molecule has 21 heavy (non-hydrogen) atoms. The highest BCUT2D eigenvalue weighted by molar-refractivity contribution is 9.10. The van der Waals surface area contributed by atoms with Gasteiger partial charge in [-0.1, -0.05) is 39.8 Å². The van der Waals surface area contributed by atoms with Gasteiger partial charge in [0.25, 0.3) is 0 Å². The quantitative estimate of drug-likeness (QED) is 0.680. The molecule has 2 nitrogen and oxygen atoms in total. The van der Waals surface area contributed by atoms with Gasteiger partial charge in [-0.3, -0.25) is 4.68 Å². The Kier molecular flexibility index (Phi) is 5.20. The molecule has 2 aromatic rings. The van der Waals surface area contributed by atoms with E-state index in [0.29, 0.717) is 0 Å². The summed E-state index contributed by atoms with van der Waals surface area (Å²) in [5.41, 5.74) is 3.97. The Hall–Kier alpha value is -0.740. The molecule has 2 rings (SSSR count). The Morgan fingerprint density at radius 1 is 1.19 bits per heavy atom. The maximum Gasteiger partial charge on any atom is 0.0767 e. The Labute approximate surface area is 140 Å². The highest BCUT2D eigenvalue weighted by Gasteiger charge is 2.14. The summed E-state index contributed by atoms with van der Waals surface area (Å²) in [4.78, 5) is 1.30. The van der Waals surface area contributed by atoms with Gasteiger partial charge < -0.3 is 0 Å². The molecule has 0 saturated carbocycles. The van der Waals surface area contributed by atoms with Crippen molar-refractivity contribution >= 4 is 27.7 Å². The van der Waals surface area contributed by atoms with Gasteiger partial charge in [0.05, 0.1) is 15.9 Å². The molecule has 1 heterocycles. The minimum Gasteiger partial charge on any atom is -0.270 e. The highest BCUT2D eigenvalue weighted by atomic mass is 79.9. The Balaban J connectivity index is 2.08. The molecule has 0 fully saturated rings. The third-order valence-corrected chi connectivity index (χ3v) is 5.54. The van der Waals surface area contributed by atoms with Crippen LogP contribution in [0.15, 0.2) is 33.6 Å². The molecule has 0 unspecified atom stereocenters. The van der Waals surface area contributed by atoms with Gasteiger partial charge in [-0.05, 0) is 45.5 Å². The first-order valence-electron chi connectivity index (χ1n) is 7.26. The summed E-state index contributed by atoms with van der Waals surface area (Å²) in [6, 6.07) is 8.91. The average Bonchev–Trinajstić information content (AvgIpc) is 2.70. The lowest BCUT2D eigenvalue weighted by Gasteiger charge is -2.19. The highest BCUT2D eigenvalue weighted by Crippen LogP contribution is 2.30. The Morgan fingerprint density at radius 2 is 1.81 bits per heavy atom. The van der Waals surface area contributed by atoms with Gasteiger partial charge in [-0.2, -0.15) is 5.10 Å². The standard InChI is InChI=1S/C17H23BrN2S/c1-6-14-16(18)15(20(5)19-14)11-21-13-9-7-12(8-10-13)17(2,3)4/h7-10H,6,11H2,1-5H3. The van der Waals surface area contributed by atoms with Crippen molar-refractivity contribution in [1.29, 1.82) is 0 Å². The van der Waals surface area contributed by atoms with Crippen LogP contribution >= 0.6 is 27.7 Å². The molecule has 4 heteroatoms. The van der Waals surface area contributed by atoms with Crippen LogP contribution in [-0.4, -0.2) is 9.78 Å². The predicted molar refractivity (Wildman–Crippen MR) is 95.0 cm³/mol. The topological polar surface area (TPSA) is 17.8 Å². The van der Waals surface area contributed by atoms with Crippen LogP contribution in [-0.2, 0) is 24.6 Å². The normalized spacial score (nSPS) is 11.9. The summed E-state index contributed by atoms with van der Waals surface area (Å²) < 4.78 is 3.14. The lowest BCUT2D eigenvalue weighted by atomic mass is 9.87. The summed E-state index contributed by atoms with van der Waals surface area (Å²) in [7, 11) is 2.02. The summed E-state index contributed by atoms with van der Waals surface area (Å²) in [6.07, 6.45) is 0.958. The zero-order chi connectivity index (χ0) is 15.6. The van der Waals surface area contributed by atoms with E-state index in [0.717, 1.165) is 22.3 Å². The average molecular weight is 367 g/mol. The number of aromatic nitrogens is 2. The first kappa shape index (κ1) is 16.6. The minimum atomic E-state index is 0.213. The van der Waals surface area contributed by atoms with E-state index in [4.69, 9.17) is 0 Å². The molecule has 1 aromatic carbocycles. The number of hydrogen-bond donors (Lipinski definition) is 0. The van der Waals surface area contributed by atoms with Crippen molar-refractivity contribution in [3.05, 3.63) is 45.7 Å². The van der Waals surface area contributed by atoms with E-state index < -0.39 is 0 Å². The van der Waals surface area contributed by atoms with E-state index in [2.05, 4.69) is 73.0 Å². The summed E-state index contributed by atoms with van der Waals surface area (Å²) in [5, 5.41) is 4.54. The molecular formula is C17H23BrN2S. The fraction of sp³-hybridized carbons (Fsp3) is 0.471. The zero-order valence-corrected chi connectivity index (χ0v) is 15.8. The lowest BCUT2D eigenvalue weighted by Crippen LogP contribution is -2.10. The van der Waals surface area contributed by atoms with Crippen LogP contribution in [0.1, 0.15) is 44.6 Å². The molecule has 0 radical (unpaired) electrons. The molecule has 0 aliphatic heterocycles. The van der Waals surface area contributed by atoms with Crippen LogP contribution < -0.4 is 0 Å². The molecule has 0 aliphatic rings. The number of thioether (sulfide) groups is 1. The number of nitrogens with zero attached hydrogens (tertiary/aromatic N) is 2. The summed E-state index contributed by atoms with van der Waals surface area (Å²) in [5.74, 6) is 0.930. The van der Waals surface area contributed by atoms with Crippen LogP contribution in [0.5, 0.6) is 0 Å². The van der Waals surface area contributed by atoms with Crippen molar-refractivity contribution in [3.8, 4) is 0 Å². The van der Waals surface area contributed by atoms with Gasteiger partial charge in [0.15, 0.2) is 0 Å². The van der Waals surface area contributed by atoms with Gasteiger partial charge in [0.1, 0.15) is 0 Å². The van der Waals surface area contributed by atoms with E-state index in [9.17, 15) is 0 Å². The lowest BCUT2D eigenvalue weighted by molar-refractivity contribution is 0.590. The van der Waals surface area contributed by atoms with Crippen LogP contribution in [0.25, 0.3) is 0 Å². The minimum absolute atomic E-state index is 0.213. The Morgan fingerprint density at radius 3 is 2.29 bits per heavy atom. The van der Waals surface area contributed by atoms with Crippen molar-refractivity contribution in [1.82, 2.24) is 9.78 Å². The molecule has 0 spiro atoms. The largest absolute Gasteiger partial charge is 0.270 e. The van der Waals surface area contributed by atoms with Crippen molar-refractivity contribution in [2.45, 2.75) is 50.2 Å². The molecule has 0 bridgehead atoms. The molecule has 114 valence electrons. The first-order valence-corrected chi connectivity index (χ1v) is 9.04. The van der Waals surface area contributed by atoms with Crippen LogP contribution in [0, 0.1) is 0 Å². The van der Waals surface area contributed by atoms with Crippen LogP contribution in [0.3, 0.4) is 0 Å². The van der Waals surface area contributed by atoms with Gasteiger partial charge in [0, 0.05) is 17.7 Å². The van der Waals surface area contributed by atoms with E-state index in [1.165, 1.54) is 16.2 Å². The van der Waals surface area contributed by atoms with E-state index in [-0.39, 0.29) is 5.41 Å². The van der Waals surface area contributed by atoms with E-state index in [1.807, 2.05) is 23.5 Å². The fourth-order valence-electron chi connectivity index (χ4n) is 2.18. The van der Waals surface area contributed by atoms with E-state index >= 15 is 0 Å². The number of aryl methyl sites for hydroxylation is 2. The summed E-state index contributed by atoms with van der Waals surface area (Å²) in [6.45, 7) is 8.87. The van der Waals surface area contributed by atoms with Crippen molar-refractivity contribution in [2.24, 2.45) is 7.05 Å². The fourth-order valence-corrected chi connectivity index (χ4v) is 4.08. The molecule has 0 amide bonds. The predicted octanol–water partition coefficient (Wildman–Crippen LogP) is 5.33. The molecule has 0 saturated heterocycles. The van der Waals surface area contributed by atoms with Gasteiger partial charge in [-0.25, -0.2) is 0 Å². The molecule has 0 N–H and O–H groups in total. The summed E-state index contributed by atoms with van der Waals surface area (Å²) >= 11 is 5.53.